The summed E-state index contributed by atoms with van der Waals surface area (Å²) in [6.45, 7) is 3.74. The first-order valence-electron chi connectivity index (χ1n) is 10.4. The maximum absolute atomic E-state index is 12.9. The standard InChI is InChI=1S/C23H27N5O4/c1-14-23(2,31)20(29)10-19(32-14)16-8-9-25-11-18(16)26-22(30)21-17(24)13-28(27-21)12-15-6-4-3-5-7-15/h3-9,11,13-14,19-20,29,31H,10,12,24H2,1-2H3,(H,26,30). The SMILES string of the molecule is CC1OC(c2ccncc2NC(=O)c2nn(Cc3ccccc3)cc2N)CC(O)C1(C)O. The number of carbonyl (C=O) groups is 1. The molecule has 1 aliphatic rings. The third kappa shape index (κ3) is 4.36. The number of rotatable bonds is 5. The van der Waals surface area contributed by atoms with Gasteiger partial charge in [0.15, 0.2) is 5.69 Å². The lowest BCUT2D eigenvalue weighted by Gasteiger charge is -2.43. The summed E-state index contributed by atoms with van der Waals surface area (Å²) in [5.41, 5.74) is 7.18. The summed E-state index contributed by atoms with van der Waals surface area (Å²) in [5.74, 6) is -0.472. The molecule has 0 spiro atoms. The number of aliphatic hydroxyl groups is 2. The Hall–Kier alpha value is -3.27. The zero-order valence-electron chi connectivity index (χ0n) is 18.0. The Labute approximate surface area is 185 Å². The van der Waals surface area contributed by atoms with Crippen LogP contribution in [0.15, 0.2) is 55.0 Å². The van der Waals surface area contributed by atoms with E-state index in [1.807, 2.05) is 30.3 Å². The molecule has 5 N–H and O–H groups in total. The Morgan fingerprint density at radius 3 is 2.81 bits per heavy atom. The summed E-state index contributed by atoms with van der Waals surface area (Å²) < 4.78 is 7.57. The van der Waals surface area contributed by atoms with Gasteiger partial charge in [-0.05, 0) is 25.5 Å². The first kappa shape index (κ1) is 21.9. The summed E-state index contributed by atoms with van der Waals surface area (Å²) in [6.07, 6.45) is 2.80. The topological polar surface area (TPSA) is 136 Å². The number of amides is 1. The van der Waals surface area contributed by atoms with Gasteiger partial charge in [0.2, 0.25) is 0 Å². The monoisotopic (exact) mass is 437 g/mol. The highest BCUT2D eigenvalue weighted by Crippen LogP contribution is 2.39. The van der Waals surface area contributed by atoms with Crippen LogP contribution in [-0.2, 0) is 11.3 Å². The Bertz CT molecular complexity index is 1080. The van der Waals surface area contributed by atoms with Crippen molar-refractivity contribution in [2.24, 2.45) is 0 Å². The van der Waals surface area contributed by atoms with E-state index in [1.54, 1.807) is 37.0 Å². The maximum atomic E-state index is 12.9. The molecule has 168 valence electrons. The lowest BCUT2D eigenvalue weighted by atomic mass is 9.84. The van der Waals surface area contributed by atoms with E-state index in [0.717, 1.165) is 5.56 Å². The maximum Gasteiger partial charge on any atom is 0.278 e. The zero-order valence-corrected chi connectivity index (χ0v) is 18.0. The first-order chi connectivity index (χ1) is 15.3. The summed E-state index contributed by atoms with van der Waals surface area (Å²) in [7, 11) is 0. The number of anilines is 2. The number of pyridine rings is 1. The number of hydrogen-bond donors (Lipinski definition) is 4. The highest BCUT2D eigenvalue weighted by atomic mass is 16.5. The van der Waals surface area contributed by atoms with Crippen LogP contribution in [-0.4, -0.2) is 48.7 Å². The normalized spacial score (nSPS) is 25.4. The molecule has 9 nitrogen and oxygen atoms in total. The fourth-order valence-corrected chi connectivity index (χ4v) is 3.79. The van der Waals surface area contributed by atoms with Crippen molar-refractivity contribution in [2.45, 2.75) is 50.7 Å². The van der Waals surface area contributed by atoms with E-state index in [9.17, 15) is 15.0 Å². The van der Waals surface area contributed by atoms with E-state index in [4.69, 9.17) is 10.5 Å². The van der Waals surface area contributed by atoms with Gasteiger partial charge >= 0.3 is 0 Å². The second-order valence-corrected chi connectivity index (χ2v) is 8.28. The van der Waals surface area contributed by atoms with E-state index >= 15 is 0 Å². The highest BCUT2D eigenvalue weighted by Gasteiger charge is 2.44. The molecule has 1 aromatic carbocycles. The molecule has 32 heavy (non-hydrogen) atoms. The fourth-order valence-electron chi connectivity index (χ4n) is 3.79. The molecule has 0 saturated carbocycles. The molecule has 0 radical (unpaired) electrons. The predicted molar refractivity (Wildman–Crippen MR) is 119 cm³/mol. The number of aromatic nitrogens is 3. The third-order valence-electron chi connectivity index (χ3n) is 5.95. The fraction of sp³-hybridized carbons (Fsp3) is 0.348. The molecule has 4 unspecified atom stereocenters. The van der Waals surface area contributed by atoms with Gasteiger partial charge in [-0.2, -0.15) is 5.10 Å². The van der Waals surface area contributed by atoms with Crippen molar-refractivity contribution in [3.8, 4) is 0 Å². The largest absolute Gasteiger partial charge is 0.396 e. The van der Waals surface area contributed by atoms with Crippen molar-refractivity contribution in [1.82, 2.24) is 14.8 Å². The van der Waals surface area contributed by atoms with Gasteiger partial charge in [-0.3, -0.25) is 14.5 Å². The van der Waals surface area contributed by atoms with E-state index < -0.39 is 29.8 Å². The van der Waals surface area contributed by atoms with Crippen LogP contribution in [0.1, 0.15) is 48.0 Å². The second kappa shape index (κ2) is 8.70. The second-order valence-electron chi connectivity index (χ2n) is 8.28. The Balaban J connectivity index is 1.53. The number of carbonyl (C=O) groups excluding carboxylic acids is 1. The number of ether oxygens (including phenoxy) is 1. The number of nitrogen functional groups attached to an aromatic ring is 1. The molecule has 0 bridgehead atoms. The third-order valence-corrected chi connectivity index (χ3v) is 5.95. The molecule has 3 aromatic rings. The van der Waals surface area contributed by atoms with Gasteiger partial charge in [-0.1, -0.05) is 30.3 Å². The van der Waals surface area contributed by atoms with Crippen molar-refractivity contribution in [3.63, 3.8) is 0 Å². The number of nitrogens with two attached hydrogens (primary N) is 1. The van der Waals surface area contributed by atoms with Crippen LogP contribution in [0.3, 0.4) is 0 Å². The van der Waals surface area contributed by atoms with Crippen molar-refractivity contribution in [2.75, 3.05) is 11.1 Å². The Kier molecular flexibility index (Phi) is 5.96. The smallest absolute Gasteiger partial charge is 0.278 e. The van der Waals surface area contributed by atoms with Gasteiger partial charge in [0.1, 0.15) is 5.60 Å². The quantitative estimate of drug-likeness (QED) is 0.480. The lowest BCUT2D eigenvalue weighted by Crippen LogP contribution is -2.54. The first-order valence-corrected chi connectivity index (χ1v) is 10.4. The van der Waals surface area contributed by atoms with Gasteiger partial charge in [0.05, 0.1) is 42.4 Å². The van der Waals surface area contributed by atoms with Gasteiger partial charge in [-0.25, -0.2) is 0 Å². The molecule has 1 saturated heterocycles. The van der Waals surface area contributed by atoms with Gasteiger partial charge in [0.25, 0.3) is 5.91 Å². The van der Waals surface area contributed by atoms with Crippen molar-refractivity contribution in [1.29, 1.82) is 0 Å². The predicted octanol–water partition coefficient (Wildman–Crippen LogP) is 2.12. The van der Waals surface area contributed by atoms with E-state index in [1.165, 1.54) is 6.20 Å². The van der Waals surface area contributed by atoms with E-state index in [2.05, 4.69) is 15.4 Å². The number of benzene rings is 1. The van der Waals surface area contributed by atoms with Crippen LogP contribution in [0.2, 0.25) is 0 Å². The average Bonchev–Trinajstić information content (AvgIpc) is 3.13. The number of hydrogen-bond acceptors (Lipinski definition) is 7. The molecule has 1 amide bonds. The molecule has 1 fully saturated rings. The molecular weight excluding hydrogens is 410 g/mol. The van der Waals surface area contributed by atoms with Crippen LogP contribution >= 0.6 is 0 Å². The van der Waals surface area contributed by atoms with Gasteiger partial charge in [0, 0.05) is 24.4 Å². The molecule has 3 heterocycles. The summed E-state index contributed by atoms with van der Waals surface area (Å²) >= 11 is 0. The highest BCUT2D eigenvalue weighted by molar-refractivity contribution is 6.06. The molecular formula is C23H27N5O4. The van der Waals surface area contributed by atoms with Crippen molar-refractivity contribution in [3.05, 3.63) is 71.8 Å². The Morgan fingerprint density at radius 1 is 1.34 bits per heavy atom. The average molecular weight is 438 g/mol. The van der Waals surface area contributed by atoms with Crippen molar-refractivity contribution < 1.29 is 19.7 Å². The number of aliphatic hydroxyl groups excluding tert-OH is 1. The molecule has 9 heteroatoms. The number of nitrogens with zero attached hydrogens (tertiary/aromatic N) is 3. The minimum Gasteiger partial charge on any atom is -0.396 e. The molecule has 0 aliphatic carbocycles. The lowest BCUT2D eigenvalue weighted by molar-refractivity contribution is -0.215. The molecule has 4 rings (SSSR count). The minimum absolute atomic E-state index is 0.108. The van der Waals surface area contributed by atoms with Crippen LogP contribution in [0, 0.1) is 0 Å². The van der Waals surface area contributed by atoms with Crippen molar-refractivity contribution >= 4 is 17.3 Å². The van der Waals surface area contributed by atoms with Crippen LogP contribution < -0.4 is 11.1 Å². The summed E-state index contributed by atoms with van der Waals surface area (Å²) in [4.78, 5) is 17.0. The van der Waals surface area contributed by atoms with E-state index in [0.29, 0.717) is 17.8 Å². The Morgan fingerprint density at radius 2 is 2.09 bits per heavy atom. The van der Waals surface area contributed by atoms with Crippen LogP contribution in [0.25, 0.3) is 0 Å². The minimum atomic E-state index is -1.35. The number of nitrogens with one attached hydrogen (secondary N) is 1. The summed E-state index contributed by atoms with van der Waals surface area (Å²) in [5, 5.41) is 27.9. The molecule has 2 aromatic heterocycles. The molecule has 1 aliphatic heterocycles. The zero-order chi connectivity index (χ0) is 22.9. The van der Waals surface area contributed by atoms with E-state index in [-0.39, 0.29) is 17.8 Å². The van der Waals surface area contributed by atoms with Gasteiger partial charge in [-0.15, -0.1) is 0 Å². The van der Waals surface area contributed by atoms with Crippen LogP contribution in [0.4, 0.5) is 11.4 Å². The summed E-state index contributed by atoms with van der Waals surface area (Å²) in [6, 6.07) is 11.5. The van der Waals surface area contributed by atoms with Gasteiger partial charge < -0.3 is 26.0 Å². The molecule has 4 atom stereocenters. The van der Waals surface area contributed by atoms with Crippen LogP contribution in [0.5, 0.6) is 0 Å².